The van der Waals surface area contributed by atoms with Gasteiger partial charge in [-0.25, -0.2) is 9.37 Å². The Morgan fingerprint density at radius 1 is 1.26 bits per heavy atom. The van der Waals surface area contributed by atoms with Crippen LogP contribution in [-0.4, -0.2) is 25.4 Å². The molecule has 1 heterocycles. The minimum atomic E-state index is -0.383. The van der Waals surface area contributed by atoms with Gasteiger partial charge in [-0.2, -0.15) is 5.10 Å². The molecule has 0 spiro atoms. The molecule has 0 bridgehead atoms. The smallest absolute Gasteiger partial charge is 0.138 e. The first-order valence-electron chi connectivity index (χ1n) is 5.83. The lowest BCUT2D eigenvalue weighted by Gasteiger charge is -2.30. The summed E-state index contributed by atoms with van der Waals surface area (Å²) < 4.78 is 15.8. The monoisotopic (exact) mass is 389 g/mol. The van der Waals surface area contributed by atoms with Gasteiger partial charge in [0, 0.05) is 29.5 Å². The molecule has 102 valence electrons. The summed E-state index contributed by atoms with van der Waals surface area (Å²) in [5, 5.41) is 5.34. The van der Waals surface area contributed by atoms with Crippen LogP contribution in [0.2, 0.25) is 0 Å². The molecular weight excluding hydrogens is 377 g/mol. The normalized spacial score (nSPS) is 11.8. The highest BCUT2D eigenvalue weighted by atomic mass is 79.9. The highest BCUT2D eigenvalue weighted by Crippen LogP contribution is 2.33. The molecule has 3 nitrogen and oxygen atoms in total. The van der Waals surface area contributed by atoms with Crippen molar-refractivity contribution in [2.45, 2.75) is 11.8 Å². The van der Waals surface area contributed by atoms with Gasteiger partial charge < -0.3 is 0 Å². The zero-order valence-corrected chi connectivity index (χ0v) is 13.7. The largest absolute Gasteiger partial charge is 0.253 e. The van der Waals surface area contributed by atoms with Gasteiger partial charge in [-0.05, 0) is 11.6 Å². The van der Waals surface area contributed by atoms with Gasteiger partial charge in [-0.1, -0.05) is 50.1 Å². The first-order chi connectivity index (χ1) is 9.13. The number of benzene rings is 1. The van der Waals surface area contributed by atoms with Crippen LogP contribution in [-0.2, 0) is 18.9 Å². The molecule has 6 heteroatoms. The fourth-order valence-corrected chi connectivity index (χ4v) is 3.97. The summed E-state index contributed by atoms with van der Waals surface area (Å²) in [4.78, 5) is 4.24. The van der Waals surface area contributed by atoms with E-state index in [4.69, 9.17) is 0 Å². The van der Waals surface area contributed by atoms with Crippen LogP contribution in [0.4, 0.5) is 4.39 Å². The Kier molecular flexibility index (Phi) is 4.73. The van der Waals surface area contributed by atoms with Crippen LogP contribution in [0.25, 0.3) is 0 Å². The van der Waals surface area contributed by atoms with Crippen molar-refractivity contribution in [1.29, 1.82) is 0 Å². The van der Waals surface area contributed by atoms with Crippen LogP contribution < -0.4 is 0 Å². The van der Waals surface area contributed by atoms with Crippen molar-refractivity contribution >= 4 is 31.9 Å². The van der Waals surface area contributed by atoms with Gasteiger partial charge in [0.25, 0.3) is 0 Å². The Labute approximate surface area is 128 Å². The van der Waals surface area contributed by atoms with Gasteiger partial charge in [-0.3, -0.25) is 4.68 Å². The quantitative estimate of drug-likeness (QED) is 0.734. The van der Waals surface area contributed by atoms with E-state index in [1.807, 2.05) is 19.2 Å². The first kappa shape index (κ1) is 14.7. The van der Waals surface area contributed by atoms with Crippen molar-refractivity contribution < 1.29 is 4.39 Å². The third-order valence-electron chi connectivity index (χ3n) is 3.26. The number of rotatable bonds is 5. The van der Waals surface area contributed by atoms with Crippen LogP contribution in [0.1, 0.15) is 11.4 Å². The molecule has 0 atom stereocenters. The third kappa shape index (κ3) is 2.89. The topological polar surface area (TPSA) is 30.7 Å². The summed E-state index contributed by atoms with van der Waals surface area (Å²) in [6, 6.07) is 6.88. The van der Waals surface area contributed by atoms with Crippen LogP contribution in [0.15, 0.2) is 30.6 Å². The molecule has 0 aliphatic heterocycles. The van der Waals surface area contributed by atoms with E-state index in [0.29, 0.717) is 22.6 Å². The van der Waals surface area contributed by atoms with Crippen LogP contribution >= 0.6 is 31.9 Å². The molecule has 0 saturated carbocycles. The lowest BCUT2D eigenvalue weighted by atomic mass is 9.81. The van der Waals surface area contributed by atoms with Crippen molar-refractivity contribution in [3.63, 3.8) is 0 Å². The number of alkyl halides is 2. The number of aryl methyl sites for hydroxylation is 1. The van der Waals surface area contributed by atoms with Gasteiger partial charge in [0.15, 0.2) is 0 Å². The number of nitrogens with zero attached hydrogens (tertiary/aromatic N) is 3. The predicted octanol–water partition coefficient (Wildman–Crippen LogP) is 3.22. The van der Waals surface area contributed by atoms with Crippen molar-refractivity contribution in [3.8, 4) is 0 Å². The van der Waals surface area contributed by atoms with E-state index in [2.05, 4.69) is 41.9 Å². The Balaban J connectivity index is 2.44. The van der Waals surface area contributed by atoms with E-state index in [0.717, 1.165) is 5.82 Å². The Morgan fingerprint density at radius 2 is 1.95 bits per heavy atom. The summed E-state index contributed by atoms with van der Waals surface area (Å²) in [5.41, 5.74) is 0.304. The Morgan fingerprint density at radius 3 is 2.47 bits per heavy atom. The summed E-state index contributed by atoms with van der Waals surface area (Å²) in [7, 11) is 1.84. The fraction of sp³-hybridized carbons (Fsp3) is 0.385. The molecule has 1 aromatic carbocycles. The molecular formula is C13H14Br2FN3. The highest BCUT2D eigenvalue weighted by molar-refractivity contribution is 9.09. The molecule has 0 aliphatic rings. The van der Waals surface area contributed by atoms with Gasteiger partial charge in [0.2, 0.25) is 0 Å². The maximum absolute atomic E-state index is 14.1. The number of halogens is 3. The van der Waals surface area contributed by atoms with Gasteiger partial charge in [0.1, 0.15) is 18.0 Å². The van der Waals surface area contributed by atoms with Crippen molar-refractivity contribution in [2.24, 2.45) is 7.05 Å². The van der Waals surface area contributed by atoms with Crippen LogP contribution in [0.3, 0.4) is 0 Å². The standard InChI is InChI=1S/C13H14Br2FN3/c1-19-12(17-9-18-19)6-13(7-14,8-15)10-4-2-3-5-11(10)16/h2-5,9H,6-8H2,1H3. The predicted molar refractivity (Wildman–Crippen MR) is 80.4 cm³/mol. The van der Waals surface area contributed by atoms with E-state index in [1.165, 1.54) is 12.4 Å². The van der Waals surface area contributed by atoms with Gasteiger partial charge in [0.05, 0.1) is 0 Å². The average molecular weight is 391 g/mol. The van der Waals surface area contributed by atoms with Gasteiger partial charge >= 0.3 is 0 Å². The average Bonchev–Trinajstić information content (AvgIpc) is 2.82. The van der Waals surface area contributed by atoms with E-state index in [9.17, 15) is 4.39 Å². The lowest BCUT2D eigenvalue weighted by molar-refractivity contribution is 0.480. The fourth-order valence-electron chi connectivity index (χ4n) is 2.04. The number of aromatic nitrogens is 3. The van der Waals surface area contributed by atoms with E-state index < -0.39 is 0 Å². The summed E-state index contributed by atoms with van der Waals surface area (Å²) in [6.07, 6.45) is 2.13. The van der Waals surface area contributed by atoms with Crippen molar-refractivity contribution in [2.75, 3.05) is 10.7 Å². The molecule has 19 heavy (non-hydrogen) atoms. The molecule has 0 radical (unpaired) electrons. The molecule has 2 rings (SSSR count). The number of hydrogen-bond acceptors (Lipinski definition) is 2. The van der Waals surface area contributed by atoms with E-state index in [1.54, 1.807) is 10.7 Å². The summed E-state index contributed by atoms with van der Waals surface area (Å²) in [5.74, 6) is 0.644. The molecule has 0 amide bonds. The van der Waals surface area contributed by atoms with Crippen LogP contribution in [0.5, 0.6) is 0 Å². The zero-order chi connectivity index (χ0) is 13.9. The van der Waals surface area contributed by atoms with E-state index in [-0.39, 0.29) is 11.2 Å². The Hall–Kier alpha value is -0.750. The minimum Gasteiger partial charge on any atom is -0.253 e. The second-order valence-corrected chi connectivity index (χ2v) is 5.63. The maximum Gasteiger partial charge on any atom is 0.138 e. The second-order valence-electron chi connectivity index (χ2n) is 4.50. The van der Waals surface area contributed by atoms with Crippen LogP contribution in [0, 0.1) is 5.82 Å². The van der Waals surface area contributed by atoms with E-state index >= 15 is 0 Å². The Bertz CT molecular complexity index is 552. The zero-order valence-electron chi connectivity index (χ0n) is 10.5. The maximum atomic E-state index is 14.1. The molecule has 2 aromatic rings. The van der Waals surface area contributed by atoms with Crippen molar-refractivity contribution in [1.82, 2.24) is 14.8 Å². The molecule has 0 unspecified atom stereocenters. The molecule has 0 saturated heterocycles. The molecule has 0 fully saturated rings. The first-order valence-corrected chi connectivity index (χ1v) is 8.07. The second kappa shape index (κ2) is 6.13. The minimum absolute atomic E-state index is 0.191. The summed E-state index contributed by atoms with van der Waals surface area (Å²) >= 11 is 7.04. The lowest BCUT2D eigenvalue weighted by Crippen LogP contribution is -2.35. The molecule has 0 aliphatic carbocycles. The molecule has 1 aromatic heterocycles. The highest BCUT2D eigenvalue weighted by Gasteiger charge is 2.34. The third-order valence-corrected chi connectivity index (χ3v) is 5.41. The number of hydrogen-bond donors (Lipinski definition) is 0. The van der Waals surface area contributed by atoms with Crippen molar-refractivity contribution in [3.05, 3.63) is 47.8 Å². The molecule has 0 N–H and O–H groups in total. The van der Waals surface area contributed by atoms with Gasteiger partial charge in [-0.15, -0.1) is 0 Å². The summed E-state index contributed by atoms with van der Waals surface area (Å²) in [6.45, 7) is 0. The SMILES string of the molecule is Cn1ncnc1CC(CBr)(CBr)c1ccccc1F.